The van der Waals surface area contributed by atoms with Crippen molar-refractivity contribution >= 4 is 22.5 Å². The first-order chi connectivity index (χ1) is 10.3. The predicted octanol–water partition coefficient (Wildman–Crippen LogP) is 2.00. The molecule has 106 valence electrons. The average molecular weight is 283 g/mol. The van der Waals surface area contributed by atoms with Gasteiger partial charge in [-0.2, -0.15) is 5.10 Å². The second kappa shape index (κ2) is 5.58. The van der Waals surface area contributed by atoms with Gasteiger partial charge >= 0.3 is 0 Å². The van der Waals surface area contributed by atoms with Crippen LogP contribution in [-0.4, -0.2) is 32.7 Å². The van der Waals surface area contributed by atoms with Gasteiger partial charge in [0.15, 0.2) is 0 Å². The fourth-order valence-electron chi connectivity index (χ4n) is 1.90. The first-order valence-corrected chi connectivity index (χ1v) is 6.45. The van der Waals surface area contributed by atoms with Gasteiger partial charge in [-0.3, -0.25) is 9.89 Å². The van der Waals surface area contributed by atoms with Gasteiger partial charge in [0.1, 0.15) is 12.0 Å². The van der Waals surface area contributed by atoms with Crippen molar-refractivity contribution < 1.29 is 9.53 Å². The Balaban J connectivity index is 1.80. The molecule has 0 saturated carbocycles. The number of hydrogen-bond donors (Lipinski definition) is 2. The highest BCUT2D eigenvalue weighted by molar-refractivity contribution is 6.03. The van der Waals surface area contributed by atoms with Crippen molar-refractivity contribution in [2.75, 3.05) is 11.9 Å². The van der Waals surface area contributed by atoms with Crippen molar-refractivity contribution in [3.05, 3.63) is 42.5 Å². The van der Waals surface area contributed by atoms with Gasteiger partial charge in [0, 0.05) is 17.1 Å². The van der Waals surface area contributed by atoms with E-state index < -0.39 is 0 Å². The van der Waals surface area contributed by atoms with Gasteiger partial charge in [0.05, 0.1) is 18.3 Å². The summed E-state index contributed by atoms with van der Waals surface area (Å²) in [6.45, 7) is 2.33. The number of rotatable bonds is 4. The third-order valence-corrected chi connectivity index (χ3v) is 2.87. The fraction of sp³-hybridized carbons (Fsp3) is 0.143. The molecule has 0 atom stereocenters. The van der Waals surface area contributed by atoms with Gasteiger partial charge in [-0.25, -0.2) is 9.97 Å². The van der Waals surface area contributed by atoms with Crippen molar-refractivity contribution in [3.8, 4) is 5.88 Å². The molecule has 7 heteroatoms. The molecule has 2 aromatic heterocycles. The summed E-state index contributed by atoms with van der Waals surface area (Å²) >= 11 is 0. The number of aromatic amines is 1. The molecule has 0 spiro atoms. The Bertz CT molecular complexity index is 784. The van der Waals surface area contributed by atoms with Crippen LogP contribution in [0.3, 0.4) is 0 Å². The first-order valence-electron chi connectivity index (χ1n) is 6.45. The van der Waals surface area contributed by atoms with Gasteiger partial charge in [-0.15, -0.1) is 0 Å². The van der Waals surface area contributed by atoms with Gasteiger partial charge in [-0.05, 0) is 25.1 Å². The zero-order valence-corrected chi connectivity index (χ0v) is 11.3. The van der Waals surface area contributed by atoms with Crippen molar-refractivity contribution in [3.63, 3.8) is 0 Å². The minimum absolute atomic E-state index is 0.248. The van der Waals surface area contributed by atoms with Crippen LogP contribution in [0.1, 0.15) is 17.4 Å². The number of carbonyl (C=O) groups is 1. The van der Waals surface area contributed by atoms with Gasteiger partial charge in [0.2, 0.25) is 5.88 Å². The molecular weight excluding hydrogens is 270 g/mol. The number of fused-ring (bicyclic) bond motifs is 1. The maximum atomic E-state index is 12.2. The zero-order valence-electron chi connectivity index (χ0n) is 11.3. The van der Waals surface area contributed by atoms with Crippen LogP contribution in [0.25, 0.3) is 10.9 Å². The van der Waals surface area contributed by atoms with E-state index in [1.54, 1.807) is 12.3 Å². The molecule has 0 aliphatic carbocycles. The molecule has 0 unspecified atom stereocenters. The average Bonchev–Trinajstić information content (AvgIpc) is 2.95. The molecule has 1 amide bonds. The van der Waals surface area contributed by atoms with E-state index in [4.69, 9.17) is 4.74 Å². The number of nitrogens with zero attached hydrogens (tertiary/aromatic N) is 3. The monoisotopic (exact) mass is 283 g/mol. The highest BCUT2D eigenvalue weighted by Crippen LogP contribution is 2.17. The van der Waals surface area contributed by atoms with Crippen LogP contribution >= 0.6 is 0 Å². The van der Waals surface area contributed by atoms with Crippen LogP contribution in [0.4, 0.5) is 5.69 Å². The third kappa shape index (κ3) is 2.81. The smallest absolute Gasteiger partial charge is 0.274 e. The van der Waals surface area contributed by atoms with E-state index in [-0.39, 0.29) is 11.6 Å². The molecule has 0 saturated heterocycles. The molecule has 0 radical (unpaired) electrons. The molecule has 2 heterocycles. The number of amides is 1. The minimum Gasteiger partial charge on any atom is -0.478 e. The molecule has 0 aliphatic heterocycles. The van der Waals surface area contributed by atoms with Crippen molar-refractivity contribution in [1.29, 1.82) is 0 Å². The first kappa shape index (κ1) is 13.0. The number of H-pyrrole nitrogens is 1. The van der Waals surface area contributed by atoms with Gasteiger partial charge < -0.3 is 10.1 Å². The second-order valence-corrected chi connectivity index (χ2v) is 4.30. The number of benzene rings is 1. The number of anilines is 1. The molecule has 0 aliphatic rings. The maximum Gasteiger partial charge on any atom is 0.274 e. The molecule has 21 heavy (non-hydrogen) atoms. The number of carbonyl (C=O) groups excluding carboxylic acids is 1. The normalized spacial score (nSPS) is 10.5. The number of nitrogens with one attached hydrogen (secondary N) is 2. The predicted molar refractivity (Wildman–Crippen MR) is 77.2 cm³/mol. The Morgan fingerprint density at radius 3 is 3.10 bits per heavy atom. The molecule has 3 rings (SSSR count). The Labute approximate surface area is 120 Å². The van der Waals surface area contributed by atoms with E-state index in [2.05, 4.69) is 25.5 Å². The quantitative estimate of drug-likeness (QED) is 0.764. The lowest BCUT2D eigenvalue weighted by Crippen LogP contribution is -2.14. The standard InChI is InChI=1S/C14H13N5O2/c1-2-21-13-6-12(15-8-16-13)14(20)18-10-4-3-9-7-17-19-11(9)5-10/h3-8H,2H2,1H3,(H,17,19)(H,18,20). The van der Waals surface area contributed by atoms with Gasteiger partial charge in [-0.1, -0.05) is 0 Å². The molecule has 7 nitrogen and oxygen atoms in total. The van der Waals surface area contributed by atoms with Crippen molar-refractivity contribution in [2.45, 2.75) is 6.92 Å². The summed E-state index contributed by atoms with van der Waals surface area (Å²) < 4.78 is 5.25. The molecule has 0 fully saturated rings. The third-order valence-electron chi connectivity index (χ3n) is 2.87. The van der Waals surface area contributed by atoms with Crippen molar-refractivity contribution in [1.82, 2.24) is 20.2 Å². The summed E-state index contributed by atoms with van der Waals surface area (Å²) in [5, 5.41) is 10.5. The maximum absolute atomic E-state index is 12.2. The summed E-state index contributed by atoms with van der Waals surface area (Å²) in [7, 11) is 0. The van der Waals surface area contributed by atoms with E-state index in [0.29, 0.717) is 18.2 Å². The SMILES string of the molecule is CCOc1cc(C(=O)Nc2ccc3cn[nH]c3c2)ncn1. The Morgan fingerprint density at radius 1 is 1.33 bits per heavy atom. The lowest BCUT2D eigenvalue weighted by molar-refractivity contribution is 0.102. The summed E-state index contributed by atoms with van der Waals surface area (Å²) in [5.41, 5.74) is 1.76. The molecule has 3 aromatic rings. The summed E-state index contributed by atoms with van der Waals surface area (Å²) in [6, 6.07) is 7.00. The van der Waals surface area contributed by atoms with Crippen LogP contribution in [0, 0.1) is 0 Å². The Hall–Kier alpha value is -2.96. The Kier molecular flexibility index (Phi) is 3.46. The van der Waals surface area contributed by atoms with E-state index in [0.717, 1.165) is 10.9 Å². The summed E-state index contributed by atoms with van der Waals surface area (Å²) in [4.78, 5) is 20.0. The number of hydrogen-bond acceptors (Lipinski definition) is 5. The van der Waals surface area contributed by atoms with Crippen LogP contribution in [0.5, 0.6) is 5.88 Å². The van der Waals surface area contributed by atoms with Crippen LogP contribution in [0.2, 0.25) is 0 Å². The Morgan fingerprint density at radius 2 is 2.24 bits per heavy atom. The van der Waals surface area contributed by atoms with Crippen molar-refractivity contribution in [2.24, 2.45) is 0 Å². The highest BCUT2D eigenvalue weighted by atomic mass is 16.5. The zero-order chi connectivity index (χ0) is 14.7. The van der Waals surface area contributed by atoms with E-state index >= 15 is 0 Å². The van der Waals surface area contributed by atoms with E-state index in [1.807, 2.05) is 19.1 Å². The van der Waals surface area contributed by atoms with Crippen LogP contribution in [0.15, 0.2) is 36.8 Å². The molecule has 0 bridgehead atoms. The minimum atomic E-state index is -0.322. The number of aromatic nitrogens is 4. The second-order valence-electron chi connectivity index (χ2n) is 4.30. The fourth-order valence-corrected chi connectivity index (χ4v) is 1.90. The highest BCUT2D eigenvalue weighted by Gasteiger charge is 2.10. The topological polar surface area (TPSA) is 92.8 Å². The van der Waals surface area contributed by atoms with Crippen LogP contribution in [-0.2, 0) is 0 Å². The summed E-state index contributed by atoms with van der Waals surface area (Å²) in [6.07, 6.45) is 3.03. The largest absolute Gasteiger partial charge is 0.478 e. The molecule has 2 N–H and O–H groups in total. The molecular formula is C14H13N5O2. The summed E-state index contributed by atoms with van der Waals surface area (Å²) in [5.74, 6) is 0.0545. The van der Waals surface area contributed by atoms with E-state index in [1.165, 1.54) is 12.4 Å². The van der Waals surface area contributed by atoms with E-state index in [9.17, 15) is 4.79 Å². The molecule has 1 aromatic carbocycles. The van der Waals surface area contributed by atoms with Gasteiger partial charge in [0.25, 0.3) is 5.91 Å². The van der Waals surface area contributed by atoms with Crippen LogP contribution < -0.4 is 10.1 Å². The lowest BCUT2D eigenvalue weighted by atomic mass is 10.2. The lowest BCUT2D eigenvalue weighted by Gasteiger charge is -2.06. The number of ether oxygens (including phenoxy) is 1.